The molecule has 0 radical (unpaired) electrons. The first-order chi connectivity index (χ1) is 7.85. The number of carbonyl (C=O) groups is 1. The van der Waals surface area contributed by atoms with Gasteiger partial charge < -0.3 is 20.8 Å². The molecular formula is C12H24N2O3. The number of β-amino-alcohol motifs (C(OH)–C–C–N with tert-alkyl or cyclic N) is 2. The van der Waals surface area contributed by atoms with E-state index in [1.165, 1.54) is 4.90 Å². The van der Waals surface area contributed by atoms with Crippen molar-refractivity contribution in [2.75, 3.05) is 19.6 Å². The lowest BCUT2D eigenvalue weighted by Gasteiger charge is -2.24. The molecule has 1 aliphatic rings. The molecule has 5 heteroatoms. The molecule has 0 saturated carbocycles. The molecule has 0 aromatic rings. The van der Waals surface area contributed by atoms with Crippen LogP contribution in [0.1, 0.15) is 33.1 Å². The van der Waals surface area contributed by atoms with Gasteiger partial charge in [0.2, 0.25) is 5.91 Å². The van der Waals surface area contributed by atoms with Crippen LogP contribution in [-0.4, -0.2) is 52.9 Å². The Morgan fingerprint density at radius 1 is 1.29 bits per heavy atom. The molecule has 0 unspecified atom stereocenters. The van der Waals surface area contributed by atoms with Gasteiger partial charge in [0.05, 0.1) is 12.2 Å². The minimum absolute atomic E-state index is 0.00527. The third-order valence-electron chi connectivity index (χ3n) is 3.45. The number of rotatable bonds is 5. The highest BCUT2D eigenvalue weighted by Gasteiger charge is 2.32. The van der Waals surface area contributed by atoms with Crippen molar-refractivity contribution in [3.05, 3.63) is 0 Å². The standard InChI is InChI=1S/C12H24N2O3/c1-12(2,5-6-13)4-3-11(17)14-7-9(15)10(16)8-14/h9-10,15-16H,3-8,13H2,1-2H3/t9-,10+. The number of amides is 1. The minimum Gasteiger partial charge on any atom is -0.388 e. The van der Waals surface area contributed by atoms with Crippen LogP contribution in [0, 0.1) is 5.41 Å². The van der Waals surface area contributed by atoms with Crippen molar-refractivity contribution in [2.24, 2.45) is 11.1 Å². The molecule has 100 valence electrons. The average molecular weight is 244 g/mol. The first-order valence-electron chi connectivity index (χ1n) is 6.20. The Balaban J connectivity index is 2.35. The van der Waals surface area contributed by atoms with Crippen LogP contribution in [0.25, 0.3) is 0 Å². The van der Waals surface area contributed by atoms with Crippen LogP contribution in [0.3, 0.4) is 0 Å². The van der Waals surface area contributed by atoms with Crippen LogP contribution in [0.4, 0.5) is 0 Å². The number of carbonyl (C=O) groups excluding carboxylic acids is 1. The average Bonchev–Trinajstić information content (AvgIpc) is 2.56. The van der Waals surface area contributed by atoms with Crippen molar-refractivity contribution in [1.29, 1.82) is 0 Å². The van der Waals surface area contributed by atoms with Crippen molar-refractivity contribution in [3.63, 3.8) is 0 Å². The van der Waals surface area contributed by atoms with Crippen LogP contribution in [0.2, 0.25) is 0 Å². The molecule has 2 atom stereocenters. The SMILES string of the molecule is CC(C)(CCN)CCC(=O)N1C[C@@H](O)[C@@H](O)C1. The maximum atomic E-state index is 11.9. The fraction of sp³-hybridized carbons (Fsp3) is 0.917. The molecule has 1 saturated heterocycles. The summed E-state index contributed by atoms with van der Waals surface area (Å²) in [5.41, 5.74) is 5.59. The molecule has 0 aromatic heterocycles. The van der Waals surface area contributed by atoms with Gasteiger partial charge in [0.1, 0.15) is 0 Å². The second-order valence-electron chi connectivity index (χ2n) is 5.64. The largest absolute Gasteiger partial charge is 0.388 e. The van der Waals surface area contributed by atoms with Crippen molar-refractivity contribution < 1.29 is 15.0 Å². The molecular weight excluding hydrogens is 220 g/mol. The first-order valence-corrected chi connectivity index (χ1v) is 6.20. The normalized spacial score (nSPS) is 25.4. The molecule has 1 aliphatic heterocycles. The summed E-state index contributed by atoms with van der Waals surface area (Å²) in [4.78, 5) is 13.4. The summed E-state index contributed by atoms with van der Waals surface area (Å²) in [5.74, 6) is 0.00527. The number of hydrogen-bond donors (Lipinski definition) is 3. The Kier molecular flexibility index (Phi) is 4.91. The van der Waals surface area contributed by atoms with E-state index in [2.05, 4.69) is 13.8 Å². The maximum Gasteiger partial charge on any atom is 0.222 e. The van der Waals surface area contributed by atoms with Crippen molar-refractivity contribution in [3.8, 4) is 0 Å². The number of nitrogens with zero attached hydrogens (tertiary/aromatic N) is 1. The van der Waals surface area contributed by atoms with Crippen molar-refractivity contribution >= 4 is 5.91 Å². The highest BCUT2D eigenvalue weighted by molar-refractivity contribution is 5.76. The highest BCUT2D eigenvalue weighted by Crippen LogP contribution is 2.26. The van der Waals surface area contributed by atoms with Gasteiger partial charge in [-0.2, -0.15) is 0 Å². The lowest BCUT2D eigenvalue weighted by Crippen LogP contribution is -2.31. The van der Waals surface area contributed by atoms with E-state index in [0.29, 0.717) is 13.0 Å². The van der Waals surface area contributed by atoms with Gasteiger partial charge in [-0.1, -0.05) is 13.8 Å². The first kappa shape index (κ1) is 14.4. The van der Waals surface area contributed by atoms with Gasteiger partial charge in [-0.05, 0) is 24.8 Å². The number of hydrogen-bond acceptors (Lipinski definition) is 4. The van der Waals surface area contributed by atoms with E-state index in [1.807, 2.05) is 0 Å². The summed E-state index contributed by atoms with van der Waals surface area (Å²) in [6, 6.07) is 0. The van der Waals surface area contributed by atoms with E-state index >= 15 is 0 Å². The van der Waals surface area contributed by atoms with Gasteiger partial charge in [-0.3, -0.25) is 4.79 Å². The van der Waals surface area contributed by atoms with Crippen LogP contribution < -0.4 is 5.73 Å². The van der Waals surface area contributed by atoms with Crippen LogP contribution >= 0.6 is 0 Å². The lowest BCUT2D eigenvalue weighted by molar-refractivity contribution is -0.131. The molecule has 0 aromatic carbocycles. The zero-order chi connectivity index (χ0) is 13.1. The highest BCUT2D eigenvalue weighted by atomic mass is 16.3. The molecule has 0 bridgehead atoms. The summed E-state index contributed by atoms with van der Waals surface area (Å²) >= 11 is 0. The molecule has 4 N–H and O–H groups in total. The number of nitrogens with two attached hydrogens (primary N) is 1. The molecule has 17 heavy (non-hydrogen) atoms. The van der Waals surface area contributed by atoms with E-state index in [0.717, 1.165) is 12.8 Å². The number of likely N-dealkylation sites (tertiary alicyclic amines) is 1. The Morgan fingerprint density at radius 3 is 2.29 bits per heavy atom. The third-order valence-corrected chi connectivity index (χ3v) is 3.45. The second-order valence-corrected chi connectivity index (χ2v) is 5.64. The molecule has 5 nitrogen and oxygen atoms in total. The zero-order valence-electron chi connectivity index (χ0n) is 10.7. The van der Waals surface area contributed by atoms with Gasteiger partial charge in [-0.15, -0.1) is 0 Å². The fourth-order valence-corrected chi connectivity index (χ4v) is 2.09. The molecule has 1 amide bonds. The van der Waals surface area contributed by atoms with Gasteiger partial charge in [0, 0.05) is 19.5 Å². The maximum absolute atomic E-state index is 11.9. The summed E-state index contributed by atoms with van der Waals surface area (Å²) in [5, 5.41) is 18.7. The summed E-state index contributed by atoms with van der Waals surface area (Å²) < 4.78 is 0. The van der Waals surface area contributed by atoms with Gasteiger partial charge in [0.25, 0.3) is 0 Å². The van der Waals surface area contributed by atoms with E-state index < -0.39 is 12.2 Å². The number of aliphatic hydroxyl groups excluding tert-OH is 2. The van der Waals surface area contributed by atoms with E-state index in [4.69, 9.17) is 5.73 Å². The molecule has 0 aliphatic carbocycles. The van der Waals surface area contributed by atoms with E-state index in [9.17, 15) is 15.0 Å². The zero-order valence-corrected chi connectivity index (χ0v) is 10.7. The monoisotopic (exact) mass is 244 g/mol. The predicted molar refractivity (Wildman–Crippen MR) is 65.3 cm³/mol. The Morgan fingerprint density at radius 2 is 1.82 bits per heavy atom. The van der Waals surface area contributed by atoms with Crippen molar-refractivity contribution in [1.82, 2.24) is 4.90 Å². The fourth-order valence-electron chi connectivity index (χ4n) is 2.09. The molecule has 0 spiro atoms. The lowest BCUT2D eigenvalue weighted by atomic mass is 9.84. The van der Waals surface area contributed by atoms with Gasteiger partial charge in [-0.25, -0.2) is 0 Å². The smallest absolute Gasteiger partial charge is 0.222 e. The third kappa shape index (κ3) is 4.26. The van der Waals surface area contributed by atoms with Crippen LogP contribution in [0.15, 0.2) is 0 Å². The van der Waals surface area contributed by atoms with Gasteiger partial charge in [0.15, 0.2) is 0 Å². The summed E-state index contributed by atoms with van der Waals surface area (Å²) in [6.45, 7) is 5.32. The molecule has 1 rings (SSSR count). The quantitative estimate of drug-likeness (QED) is 0.620. The second kappa shape index (κ2) is 5.80. The Labute approximate surface area is 103 Å². The Hall–Kier alpha value is -0.650. The topological polar surface area (TPSA) is 86.8 Å². The van der Waals surface area contributed by atoms with E-state index in [-0.39, 0.29) is 24.4 Å². The van der Waals surface area contributed by atoms with Crippen molar-refractivity contribution in [2.45, 2.75) is 45.3 Å². The van der Waals surface area contributed by atoms with Gasteiger partial charge >= 0.3 is 0 Å². The molecule has 1 fully saturated rings. The predicted octanol–water partition coefficient (Wildman–Crippen LogP) is -0.294. The van der Waals surface area contributed by atoms with Crippen LogP contribution in [-0.2, 0) is 4.79 Å². The summed E-state index contributed by atoms with van der Waals surface area (Å²) in [7, 11) is 0. The number of aliphatic hydroxyl groups is 2. The Bertz CT molecular complexity index is 258. The summed E-state index contributed by atoms with van der Waals surface area (Å²) in [6.07, 6.45) is 0.538. The minimum atomic E-state index is -0.795. The van der Waals surface area contributed by atoms with E-state index in [1.54, 1.807) is 0 Å². The van der Waals surface area contributed by atoms with Crippen LogP contribution in [0.5, 0.6) is 0 Å². The molecule has 1 heterocycles.